The first-order valence-electron chi connectivity index (χ1n) is 9.77. The molecule has 0 bridgehead atoms. The molecule has 0 aromatic heterocycles. The summed E-state index contributed by atoms with van der Waals surface area (Å²) in [7, 11) is 1.59. The monoisotopic (exact) mass is 559 g/mol. The van der Waals surface area contributed by atoms with Crippen LogP contribution in [0.5, 0.6) is 11.5 Å². The van der Waals surface area contributed by atoms with Gasteiger partial charge in [-0.25, -0.2) is 9.79 Å². The molecule has 3 aromatic rings. The normalized spacial score (nSPS) is 14.3. The van der Waals surface area contributed by atoms with Gasteiger partial charge in [-0.3, -0.25) is 0 Å². The van der Waals surface area contributed by atoms with Gasteiger partial charge in [0.2, 0.25) is 5.90 Å². The van der Waals surface area contributed by atoms with E-state index < -0.39 is 5.97 Å². The molecule has 32 heavy (non-hydrogen) atoms. The predicted molar refractivity (Wildman–Crippen MR) is 133 cm³/mol. The first-order chi connectivity index (χ1) is 15.4. The number of aliphatic imine (C=N–C) groups is 1. The van der Waals surface area contributed by atoms with E-state index in [1.165, 1.54) is 5.56 Å². The highest BCUT2D eigenvalue weighted by atomic mass is 127. The molecule has 3 aromatic carbocycles. The van der Waals surface area contributed by atoms with E-state index in [9.17, 15) is 4.79 Å². The Morgan fingerprint density at radius 1 is 1.06 bits per heavy atom. The van der Waals surface area contributed by atoms with E-state index in [0.29, 0.717) is 28.7 Å². The van der Waals surface area contributed by atoms with Gasteiger partial charge in [0, 0.05) is 3.57 Å². The molecule has 0 unspecified atom stereocenters. The number of methoxy groups -OCH3 is 1. The fourth-order valence-corrected chi connectivity index (χ4v) is 3.77. The van der Waals surface area contributed by atoms with Gasteiger partial charge in [0.25, 0.3) is 0 Å². The summed E-state index contributed by atoms with van der Waals surface area (Å²) in [6.45, 7) is 2.44. The number of nitrogens with zero attached hydrogens (tertiary/aromatic N) is 1. The molecular formula is C25H19ClINO4. The van der Waals surface area contributed by atoms with Crippen molar-refractivity contribution in [3.8, 4) is 11.5 Å². The van der Waals surface area contributed by atoms with Crippen LogP contribution in [0.25, 0.3) is 6.08 Å². The molecule has 162 valence electrons. The minimum Gasteiger partial charge on any atom is -0.493 e. The molecule has 1 aliphatic heterocycles. The molecule has 0 saturated carbocycles. The number of esters is 1. The van der Waals surface area contributed by atoms with Gasteiger partial charge >= 0.3 is 5.97 Å². The van der Waals surface area contributed by atoms with Crippen LogP contribution in [-0.4, -0.2) is 19.0 Å². The van der Waals surface area contributed by atoms with Crippen molar-refractivity contribution in [2.75, 3.05) is 7.11 Å². The van der Waals surface area contributed by atoms with E-state index in [1.807, 2.05) is 49.4 Å². The van der Waals surface area contributed by atoms with Crippen molar-refractivity contribution >= 4 is 52.1 Å². The van der Waals surface area contributed by atoms with Crippen molar-refractivity contribution in [2.45, 2.75) is 13.5 Å². The van der Waals surface area contributed by atoms with E-state index in [-0.39, 0.29) is 11.6 Å². The number of ether oxygens (including phenoxy) is 3. The summed E-state index contributed by atoms with van der Waals surface area (Å²) in [5.41, 5.74) is 3.73. The maximum Gasteiger partial charge on any atom is 0.363 e. The highest BCUT2D eigenvalue weighted by molar-refractivity contribution is 14.1. The molecule has 1 heterocycles. The van der Waals surface area contributed by atoms with Crippen LogP contribution >= 0.6 is 34.2 Å². The molecule has 0 amide bonds. The van der Waals surface area contributed by atoms with Crippen LogP contribution < -0.4 is 9.47 Å². The van der Waals surface area contributed by atoms with Crippen molar-refractivity contribution in [3.05, 3.63) is 97.2 Å². The second-order valence-electron chi connectivity index (χ2n) is 7.14. The first-order valence-corrected chi connectivity index (χ1v) is 11.2. The molecule has 0 saturated heterocycles. The Kier molecular flexibility index (Phi) is 6.81. The molecule has 0 spiro atoms. The summed E-state index contributed by atoms with van der Waals surface area (Å²) in [6.07, 6.45) is 1.65. The summed E-state index contributed by atoms with van der Waals surface area (Å²) >= 11 is 8.42. The second kappa shape index (κ2) is 9.75. The smallest absolute Gasteiger partial charge is 0.363 e. The molecule has 0 aliphatic carbocycles. The Hall–Kier alpha value is -2.84. The topological polar surface area (TPSA) is 57.1 Å². The molecular weight excluding hydrogens is 541 g/mol. The average molecular weight is 560 g/mol. The Bertz CT molecular complexity index is 1240. The van der Waals surface area contributed by atoms with Crippen LogP contribution in [0.15, 0.2) is 71.4 Å². The Morgan fingerprint density at radius 2 is 1.84 bits per heavy atom. The van der Waals surface area contributed by atoms with E-state index >= 15 is 0 Å². The number of hydrogen-bond donors (Lipinski definition) is 0. The lowest BCUT2D eigenvalue weighted by atomic mass is 10.1. The average Bonchev–Trinajstić information content (AvgIpc) is 3.15. The standard InChI is InChI=1S/C25H19ClINO4/c1-15-3-5-16(6-4-15)14-31-23-12-17(7-10-22(23)30-2)11-21-25(29)32-24(28-21)19-13-18(27)8-9-20(19)26/h3-13H,14H2,1-2H3. The zero-order valence-electron chi connectivity index (χ0n) is 17.4. The largest absolute Gasteiger partial charge is 0.493 e. The highest BCUT2D eigenvalue weighted by Gasteiger charge is 2.26. The Balaban J connectivity index is 1.59. The molecule has 0 N–H and O–H groups in total. The summed E-state index contributed by atoms with van der Waals surface area (Å²) in [6, 6.07) is 19.0. The number of aryl methyl sites for hydroxylation is 1. The Labute approximate surface area is 204 Å². The zero-order chi connectivity index (χ0) is 22.7. The molecule has 0 fully saturated rings. The number of cyclic esters (lactones) is 1. The van der Waals surface area contributed by atoms with Gasteiger partial charge in [-0.05, 0) is 77.0 Å². The fraction of sp³-hybridized carbons (Fsp3) is 0.120. The third-order valence-corrected chi connectivity index (χ3v) is 5.79. The molecule has 4 rings (SSSR count). The number of carbonyl (C=O) groups excluding carboxylic acids is 1. The van der Waals surface area contributed by atoms with Crippen LogP contribution in [0, 0.1) is 10.5 Å². The third kappa shape index (κ3) is 5.14. The molecule has 0 radical (unpaired) electrons. The zero-order valence-corrected chi connectivity index (χ0v) is 20.3. The van der Waals surface area contributed by atoms with E-state index in [0.717, 1.165) is 14.7 Å². The van der Waals surface area contributed by atoms with Crippen molar-refractivity contribution in [3.63, 3.8) is 0 Å². The van der Waals surface area contributed by atoms with Crippen molar-refractivity contribution in [1.82, 2.24) is 0 Å². The number of halogens is 2. The van der Waals surface area contributed by atoms with E-state index in [1.54, 1.807) is 31.4 Å². The summed E-state index contributed by atoms with van der Waals surface area (Å²) in [5, 5.41) is 0.467. The van der Waals surface area contributed by atoms with Gasteiger partial charge in [-0.15, -0.1) is 0 Å². The van der Waals surface area contributed by atoms with Crippen LogP contribution in [0.3, 0.4) is 0 Å². The molecule has 1 aliphatic rings. The maximum atomic E-state index is 12.4. The molecule has 5 nitrogen and oxygen atoms in total. The first kappa shape index (κ1) is 22.4. The minimum atomic E-state index is -0.534. The van der Waals surface area contributed by atoms with Gasteiger partial charge in [0.05, 0.1) is 17.7 Å². The number of benzene rings is 3. The third-order valence-electron chi connectivity index (χ3n) is 4.79. The van der Waals surface area contributed by atoms with Gasteiger partial charge in [-0.1, -0.05) is 47.5 Å². The van der Waals surface area contributed by atoms with Crippen molar-refractivity contribution in [2.24, 2.45) is 4.99 Å². The lowest BCUT2D eigenvalue weighted by Gasteiger charge is -2.12. The number of carbonyl (C=O) groups is 1. The van der Waals surface area contributed by atoms with E-state index in [2.05, 4.69) is 27.6 Å². The van der Waals surface area contributed by atoms with Gasteiger partial charge in [0.1, 0.15) is 6.61 Å². The summed E-state index contributed by atoms with van der Waals surface area (Å²) in [4.78, 5) is 16.8. The fourth-order valence-electron chi connectivity index (χ4n) is 3.08. The van der Waals surface area contributed by atoms with Crippen molar-refractivity contribution in [1.29, 1.82) is 0 Å². The summed E-state index contributed by atoms with van der Waals surface area (Å²) < 4.78 is 17.7. The van der Waals surface area contributed by atoms with E-state index in [4.69, 9.17) is 25.8 Å². The quantitative estimate of drug-likeness (QED) is 0.205. The van der Waals surface area contributed by atoms with Crippen LogP contribution in [-0.2, 0) is 16.1 Å². The highest BCUT2D eigenvalue weighted by Crippen LogP contribution is 2.31. The number of rotatable bonds is 6. The van der Waals surface area contributed by atoms with Gasteiger partial charge < -0.3 is 14.2 Å². The SMILES string of the molecule is COc1ccc(C=C2N=C(c3cc(I)ccc3Cl)OC2=O)cc1OCc1ccc(C)cc1. The van der Waals surface area contributed by atoms with Gasteiger partial charge in [0.15, 0.2) is 17.2 Å². The van der Waals surface area contributed by atoms with Crippen molar-refractivity contribution < 1.29 is 19.0 Å². The molecule has 7 heteroatoms. The lowest BCUT2D eigenvalue weighted by Crippen LogP contribution is -2.06. The molecule has 0 atom stereocenters. The Morgan fingerprint density at radius 3 is 2.59 bits per heavy atom. The van der Waals surface area contributed by atoms with Crippen LogP contribution in [0.1, 0.15) is 22.3 Å². The maximum absolute atomic E-state index is 12.4. The van der Waals surface area contributed by atoms with Crippen LogP contribution in [0.4, 0.5) is 0 Å². The summed E-state index contributed by atoms with van der Waals surface area (Å²) in [5.74, 6) is 0.823. The predicted octanol–water partition coefficient (Wildman–Crippen LogP) is 6.19. The van der Waals surface area contributed by atoms with Crippen LogP contribution in [0.2, 0.25) is 5.02 Å². The minimum absolute atomic E-state index is 0.185. The number of hydrogen-bond acceptors (Lipinski definition) is 5. The lowest BCUT2D eigenvalue weighted by molar-refractivity contribution is -0.129. The second-order valence-corrected chi connectivity index (χ2v) is 8.80. The van der Waals surface area contributed by atoms with Gasteiger partial charge in [-0.2, -0.15) is 0 Å².